The van der Waals surface area contributed by atoms with Crippen molar-refractivity contribution in [3.63, 3.8) is 0 Å². The first kappa shape index (κ1) is 16.2. The lowest BCUT2D eigenvalue weighted by Gasteiger charge is -2.00. The van der Waals surface area contributed by atoms with E-state index in [4.69, 9.17) is 13.6 Å². The molecule has 0 spiro atoms. The largest absolute Gasteiger partial charge is 0.494 e. The molecule has 0 saturated carbocycles. The second-order valence-corrected chi connectivity index (χ2v) is 6.79. The topological polar surface area (TPSA) is 90.0 Å². The van der Waals surface area contributed by atoms with Gasteiger partial charge in [0.1, 0.15) is 5.75 Å². The van der Waals surface area contributed by atoms with E-state index in [0.29, 0.717) is 34.6 Å². The quantitative estimate of drug-likeness (QED) is 0.453. The highest BCUT2D eigenvalue weighted by molar-refractivity contribution is 9.10. The number of thioether (sulfide) groups is 1. The molecule has 3 heterocycles. The van der Waals surface area contributed by atoms with Gasteiger partial charge in [0.15, 0.2) is 15.6 Å². The number of aromatic nitrogens is 4. The van der Waals surface area contributed by atoms with E-state index in [-0.39, 0.29) is 0 Å². The molecule has 0 saturated heterocycles. The number of aromatic amines is 1. The van der Waals surface area contributed by atoms with Gasteiger partial charge in [0.05, 0.1) is 23.4 Å². The van der Waals surface area contributed by atoms with Gasteiger partial charge in [-0.25, -0.2) is 4.98 Å². The van der Waals surface area contributed by atoms with Gasteiger partial charge in [0, 0.05) is 6.07 Å². The number of imidazole rings is 1. The molecule has 128 valence electrons. The van der Waals surface area contributed by atoms with Crippen molar-refractivity contribution in [2.24, 2.45) is 0 Å². The van der Waals surface area contributed by atoms with Crippen molar-refractivity contribution >= 4 is 38.7 Å². The standard InChI is InChI=1S/C16H13BrN4O3S/c1-2-22-9-3-4-10-11(7-9)19-16(18-10)25-8-14-20-21-15(24-14)12-5-6-13(17)23-12/h3-7H,2,8H2,1H3,(H,18,19). The average molecular weight is 421 g/mol. The number of rotatable bonds is 6. The maximum absolute atomic E-state index is 5.61. The zero-order valence-corrected chi connectivity index (χ0v) is 15.6. The first-order chi connectivity index (χ1) is 12.2. The number of furan rings is 1. The van der Waals surface area contributed by atoms with Crippen LogP contribution in [0, 0.1) is 0 Å². The number of nitrogens with one attached hydrogen (secondary N) is 1. The average Bonchev–Trinajstić information content (AvgIpc) is 3.31. The molecule has 1 N–H and O–H groups in total. The van der Waals surface area contributed by atoms with Crippen LogP contribution in [0.1, 0.15) is 12.8 Å². The van der Waals surface area contributed by atoms with Gasteiger partial charge >= 0.3 is 0 Å². The third-order valence-electron chi connectivity index (χ3n) is 3.33. The Morgan fingerprint density at radius 3 is 2.92 bits per heavy atom. The summed E-state index contributed by atoms with van der Waals surface area (Å²) in [6, 6.07) is 9.32. The highest BCUT2D eigenvalue weighted by atomic mass is 79.9. The van der Waals surface area contributed by atoms with Crippen LogP contribution in [0.25, 0.3) is 22.7 Å². The minimum absolute atomic E-state index is 0.354. The van der Waals surface area contributed by atoms with E-state index < -0.39 is 0 Å². The van der Waals surface area contributed by atoms with Crippen molar-refractivity contribution in [3.8, 4) is 17.4 Å². The maximum Gasteiger partial charge on any atom is 0.283 e. The second-order valence-electron chi connectivity index (χ2n) is 5.05. The summed E-state index contributed by atoms with van der Waals surface area (Å²) in [5, 5.41) is 8.81. The number of H-pyrrole nitrogens is 1. The minimum Gasteiger partial charge on any atom is -0.494 e. The number of benzene rings is 1. The smallest absolute Gasteiger partial charge is 0.283 e. The molecule has 3 aromatic heterocycles. The highest BCUT2D eigenvalue weighted by Crippen LogP contribution is 2.27. The molecule has 0 aliphatic carbocycles. The lowest BCUT2D eigenvalue weighted by atomic mass is 10.3. The van der Waals surface area contributed by atoms with E-state index in [0.717, 1.165) is 21.9 Å². The summed E-state index contributed by atoms with van der Waals surface area (Å²) in [7, 11) is 0. The van der Waals surface area contributed by atoms with Crippen LogP contribution in [-0.4, -0.2) is 26.8 Å². The number of hydrogen-bond donors (Lipinski definition) is 1. The first-order valence-electron chi connectivity index (χ1n) is 7.54. The molecule has 0 aliphatic rings. The summed E-state index contributed by atoms with van der Waals surface area (Å²) < 4.78 is 17.1. The molecule has 1 aromatic carbocycles. The van der Waals surface area contributed by atoms with E-state index in [1.807, 2.05) is 25.1 Å². The van der Waals surface area contributed by atoms with E-state index >= 15 is 0 Å². The maximum atomic E-state index is 5.61. The predicted octanol–water partition coefficient (Wildman–Crippen LogP) is 4.66. The summed E-state index contributed by atoms with van der Waals surface area (Å²) in [6.45, 7) is 2.59. The summed E-state index contributed by atoms with van der Waals surface area (Å²) >= 11 is 4.74. The van der Waals surface area contributed by atoms with Crippen molar-refractivity contribution < 1.29 is 13.6 Å². The summed E-state index contributed by atoms with van der Waals surface area (Å²) in [5.41, 5.74) is 1.82. The Morgan fingerprint density at radius 1 is 1.20 bits per heavy atom. The molecular weight excluding hydrogens is 408 g/mol. The fraction of sp³-hybridized carbons (Fsp3) is 0.188. The molecule has 0 aliphatic heterocycles. The number of nitrogens with zero attached hydrogens (tertiary/aromatic N) is 3. The Balaban J connectivity index is 1.46. The van der Waals surface area contributed by atoms with Crippen LogP contribution in [0.2, 0.25) is 0 Å². The Hall–Kier alpha value is -2.26. The van der Waals surface area contributed by atoms with Crippen molar-refractivity contribution in [2.75, 3.05) is 6.61 Å². The van der Waals surface area contributed by atoms with Gasteiger partial charge in [-0.1, -0.05) is 11.8 Å². The van der Waals surface area contributed by atoms with E-state index in [2.05, 4.69) is 36.1 Å². The normalized spacial score (nSPS) is 11.3. The van der Waals surface area contributed by atoms with Gasteiger partial charge in [-0.3, -0.25) is 0 Å². The van der Waals surface area contributed by atoms with E-state index in [1.165, 1.54) is 11.8 Å². The van der Waals surface area contributed by atoms with Gasteiger partial charge < -0.3 is 18.6 Å². The van der Waals surface area contributed by atoms with E-state index in [9.17, 15) is 0 Å². The third kappa shape index (κ3) is 3.57. The molecular formula is C16H13BrN4O3S. The Labute approximate surface area is 155 Å². The Kier molecular flexibility index (Phi) is 4.50. The zero-order chi connectivity index (χ0) is 17.2. The molecule has 7 nitrogen and oxygen atoms in total. The number of halogens is 1. The van der Waals surface area contributed by atoms with Crippen LogP contribution in [0.5, 0.6) is 5.75 Å². The summed E-state index contributed by atoms with van der Waals surface area (Å²) in [6.07, 6.45) is 0. The lowest BCUT2D eigenvalue weighted by Crippen LogP contribution is -1.90. The summed E-state index contributed by atoms with van der Waals surface area (Å²) in [4.78, 5) is 7.80. The van der Waals surface area contributed by atoms with Crippen molar-refractivity contribution in [1.29, 1.82) is 0 Å². The van der Waals surface area contributed by atoms with Crippen LogP contribution in [0.15, 0.2) is 49.0 Å². The van der Waals surface area contributed by atoms with Gasteiger partial charge in [0.25, 0.3) is 5.89 Å². The van der Waals surface area contributed by atoms with Crippen LogP contribution in [0.3, 0.4) is 0 Å². The monoisotopic (exact) mass is 420 g/mol. The van der Waals surface area contributed by atoms with Gasteiger partial charge in [0.2, 0.25) is 5.89 Å². The number of fused-ring (bicyclic) bond motifs is 1. The summed E-state index contributed by atoms with van der Waals surface area (Å²) in [5.74, 6) is 2.71. The van der Waals surface area contributed by atoms with Crippen molar-refractivity contribution in [2.45, 2.75) is 17.8 Å². The van der Waals surface area contributed by atoms with Crippen LogP contribution < -0.4 is 4.74 Å². The zero-order valence-electron chi connectivity index (χ0n) is 13.2. The van der Waals surface area contributed by atoms with Crippen LogP contribution in [0.4, 0.5) is 0 Å². The SMILES string of the molecule is CCOc1ccc2nc(SCc3nnc(-c4ccc(Br)o4)o3)[nH]c2c1. The lowest BCUT2D eigenvalue weighted by molar-refractivity contribution is 0.340. The first-order valence-corrected chi connectivity index (χ1v) is 9.32. The highest BCUT2D eigenvalue weighted by Gasteiger charge is 2.13. The molecule has 0 unspecified atom stereocenters. The fourth-order valence-corrected chi connectivity index (χ4v) is 3.29. The van der Waals surface area contributed by atoms with Crippen LogP contribution in [-0.2, 0) is 5.75 Å². The van der Waals surface area contributed by atoms with Gasteiger partial charge in [-0.15, -0.1) is 10.2 Å². The molecule has 0 fully saturated rings. The van der Waals surface area contributed by atoms with Gasteiger partial charge in [-0.05, 0) is 47.1 Å². The number of hydrogen-bond acceptors (Lipinski definition) is 7. The molecule has 0 bridgehead atoms. The van der Waals surface area contributed by atoms with Gasteiger partial charge in [-0.2, -0.15) is 0 Å². The van der Waals surface area contributed by atoms with Crippen molar-refractivity contribution in [3.05, 3.63) is 40.9 Å². The molecule has 4 aromatic rings. The van der Waals surface area contributed by atoms with Crippen molar-refractivity contribution in [1.82, 2.24) is 20.2 Å². The molecule has 0 atom stereocenters. The second kappa shape index (κ2) is 6.93. The fourth-order valence-electron chi connectivity index (χ4n) is 2.26. The van der Waals surface area contributed by atoms with Crippen LogP contribution >= 0.6 is 27.7 Å². The molecule has 25 heavy (non-hydrogen) atoms. The third-order valence-corrected chi connectivity index (χ3v) is 4.61. The number of ether oxygens (including phenoxy) is 1. The molecule has 0 amide bonds. The van der Waals surface area contributed by atoms with E-state index in [1.54, 1.807) is 12.1 Å². The molecule has 0 radical (unpaired) electrons. The Bertz CT molecular complexity index is 1010. The minimum atomic E-state index is 0.354. The Morgan fingerprint density at radius 2 is 2.12 bits per heavy atom. The predicted molar refractivity (Wildman–Crippen MR) is 96.5 cm³/mol. The molecule has 9 heteroatoms. The molecule has 4 rings (SSSR count).